The normalized spacial score (nSPS) is 13.1. The molecule has 108 valence electrons. The smallest absolute Gasteiger partial charge is 0.320 e. The van der Waals surface area contributed by atoms with Crippen LogP contribution in [0.3, 0.4) is 0 Å². The van der Waals surface area contributed by atoms with Crippen molar-refractivity contribution in [2.24, 2.45) is 0 Å². The van der Waals surface area contributed by atoms with Crippen LogP contribution >= 0.6 is 0 Å². The van der Waals surface area contributed by atoms with Crippen LogP contribution in [0.1, 0.15) is 47.5 Å². The van der Waals surface area contributed by atoms with E-state index in [0.717, 1.165) is 32.5 Å². The Hall–Kier alpha value is -0.610. The molecular weight excluding hydrogens is 228 g/mol. The molecule has 0 aliphatic carbocycles. The third kappa shape index (κ3) is 9.42. The van der Waals surface area contributed by atoms with E-state index < -0.39 is 0 Å². The predicted octanol–water partition coefficient (Wildman–Crippen LogP) is 2.04. The van der Waals surface area contributed by atoms with Gasteiger partial charge in [-0.15, -0.1) is 0 Å². The number of carbonyl (C=O) groups is 1. The molecule has 4 nitrogen and oxygen atoms in total. The number of nitrogens with one attached hydrogen (secondary N) is 1. The minimum Gasteiger partial charge on any atom is -0.462 e. The van der Waals surface area contributed by atoms with Crippen LogP contribution in [-0.4, -0.2) is 49.2 Å². The maximum absolute atomic E-state index is 11.3. The molecule has 18 heavy (non-hydrogen) atoms. The van der Waals surface area contributed by atoms with E-state index in [2.05, 4.69) is 31.0 Å². The summed E-state index contributed by atoms with van der Waals surface area (Å²) in [7, 11) is 0. The van der Waals surface area contributed by atoms with Crippen molar-refractivity contribution in [1.82, 2.24) is 10.2 Å². The molecule has 0 aromatic heterocycles. The van der Waals surface area contributed by atoms with Gasteiger partial charge in [-0.25, -0.2) is 0 Å². The second-order valence-electron chi connectivity index (χ2n) is 4.99. The average Bonchev–Trinajstić information content (AvgIpc) is 2.31. The van der Waals surface area contributed by atoms with E-state index in [9.17, 15) is 4.79 Å². The molecule has 0 amide bonds. The number of carbonyl (C=O) groups excluding carboxylic acids is 1. The van der Waals surface area contributed by atoms with Gasteiger partial charge in [0, 0.05) is 6.04 Å². The predicted molar refractivity (Wildman–Crippen MR) is 75.7 cm³/mol. The highest BCUT2D eigenvalue weighted by Gasteiger charge is 2.08. The van der Waals surface area contributed by atoms with Crippen LogP contribution < -0.4 is 5.32 Å². The highest BCUT2D eigenvalue weighted by atomic mass is 16.5. The molecule has 0 heterocycles. The van der Waals surface area contributed by atoms with E-state index >= 15 is 0 Å². The summed E-state index contributed by atoms with van der Waals surface area (Å²) in [5.74, 6) is -0.166. The largest absolute Gasteiger partial charge is 0.462 e. The molecule has 0 saturated heterocycles. The van der Waals surface area contributed by atoms with Crippen molar-refractivity contribution in [3.8, 4) is 0 Å². The van der Waals surface area contributed by atoms with E-state index in [0.29, 0.717) is 12.6 Å². The second-order valence-corrected chi connectivity index (χ2v) is 4.99. The van der Waals surface area contributed by atoms with Gasteiger partial charge in [-0.1, -0.05) is 13.8 Å². The topological polar surface area (TPSA) is 41.6 Å². The molecule has 0 aliphatic rings. The molecule has 0 aromatic carbocycles. The molecule has 0 rings (SSSR count). The zero-order valence-electron chi connectivity index (χ0n) is 12.7. The molecule has 0 saturated carbocycles. The maximum Gasteiger partial charge on any atom is 0.320 e. The fraction of sp³-hybridized carbons (Fsp3) is 0.929. The monoisotopic (exact) mass is 258 g/mol. The highest BCUT2D eigenvalue weighted by molar-refractivity contribution is 5.71. The van der Waals surface area contributed by atoms with Gasteiger partial charge < -0.3 is 15.0 Å². The van der Waals surface area contributed by atoms with Crippen molar-refractivity contribution in [1.29, 1.82) is 0 Å². The van der Waals surface area contributed by atoms with Crippen molar-refractivity contribution in [2.75, 3.05) is 26.2 Å². The summed E-state index contributed by atoms with van der Waals surface area (Å²) in [6.07, 6.45) is 2.22. The summed E-state index contributed by atoms with van der Waals surface area (Å²) >= 11 is 0. The molecule has 0 aromatic rings. The number of hydrogen-bond donors (Lipinski definition) is 1. The minimum atomic E-state index is -0.166. The van der Waals surface area contributed by atoms with Crippen LogP contribution in [0.15, 0.2) is 0 Å². The van der Waals surface area contributed by atoms with Crippen molar-refractivity contribution < 1.29 is 9.53 Å². The molecule has 1 N–H and O–H groups in total. The summed E-state index contributed by atoms with van der Waals surface area (Å²) in [6, 6.07) is 0.361. The number of ether oxygens (including phenoxy) is 1. The summed E-state index contributed by atoms with van der Waals surface area (Å²) in [4.78, 5) is 13.8. The second kappa shape index (κ2) is 10.3. The summed E-state index contributed by atoms with van der Waals surface area (Å²) in [6.45, 7) is 13.9. The Morgan fingerprint density at radius 2 is 1.83 bits per heavy atom. The van der Waals surface area contributed by atoms with Crippen LogP contribution in [0.4, 0.5) is 0 Å². The van der Waals surface area contributed by atoms with Gasteiger partial charge in [-0.05, 0) is 53.2 Å². The van der Waals surface area contributed by atoms with Crippen molar-refractivity contribution in [3.05, 3.63) is 0 Å². The quantitative estimate of drug-likeness (QED) is 0.609. The van der Waals surface area contributed by atoms with Crippen molar-refractivity contribution >= 4 is 5.97 Å². The molecule has 0 spiro atoms. The van der Waals surface area contributed by atoms with Crippen LogP contribution in [0.25, 0.3) is 0 Å². The fourth-order valence-corrected chi connectivity index (χ4v) is 1.83. The lowest BCUT2D eigenvalue weighted by Crippen LogP contribution is -2.34. The molecular formula is C14H30N2O2. The summed E-state index contributed by atoms with van der Waals surface area (Å²) in [5.41, 5.74) is 0. The number of esters is 1. The molecule has 1 atom stereocenters. The molecule has 0 radical (unpaired) electrons. The third-order valence-corrected chi connectivity index (χ3v) is 2.97. The van der Waals surface area contributed by atoms with E-state index in [4.69, 9.17) is 4.74 Å². The van der Waals surface area contributed by atoms with Crippen LogP contribution in [0.5, 0.6) is 0 Å². The first-order valence-electron chi connectivity index (χ1n) is 7.14. The van der Waals surface area contributed by atoms with Crippen LogP contribution in [0.2, 0.25) is 0 Å². The first-order valence-corrected chi connectivity index (χ1v) is 7.14. The Balaban J connectivity index is 3.59. The van der Waals surface area contributed by atoms with Gasteiger partial charge in [0.15, 0.2) is 0 Å². The van der Waals surface area contributed by atoms with Gasteiger partial charge in [-0.3, -0.25) is 4.79 Å². The highest BCUT2D eigenvalue weighted by Crippen LogP contribution is 1.99. The Morgan fingerprint density at radius 3 is 2.33 bits per heavy atom. The first-order chi connectivity index (χ1) is 8.49. The molecule has 1 unspecified atom stereocenters. The fourth-order valence-electron chi connectivity index (χ4n) is 1.83. The Labute approximate surface area is 112 Å². The number of rotatable bonds is 10. The van der Waals surface area contributed by atoms with Gasteiger partial charge in [0.2, 0.25) is 0 Å². The minimum absolute atomic E-state index is 0.0303. The summed E-state index contributed by atoms with van der Waals surface area (Å²) < 4.78 is 5.07. The van der Waals surface area contributed by atoms with E-state index in [1.807, 2.05) is 13.8 Å². The van der Waals surface area contributed by atoms with E-state index in [1.165, 1.54) is 0 Å². The van der Waals surface area contributed by atoms with Crippen molar-refractivity contribution in [3.63, 3.8) is 0 Å². The average molecular weight is 258 g/mol. The first kappa shape index (κ1) is 17.4. The third-order valence-electron chi connectivity index (χ3n) is 2.97. The zero-order chi connectivity index (χ0) is 14.0. The van der Waals surface area contributed by atoms with E-state index in [-0.39, 0.29) is 12.1 Å². The van der Waals surface area contributed by atoms with Gasteiger partial charge in [0.05, 0.1) is 12.6 Å². The lowest BCUT2D eigenvalue weighted by molar-refractivity contribution is -0.146. The maximum atomic E-state index is 11.3. The lowest BCUT2D eigenvalue weighted by atomic mass is 10.1. The van der Waals surface area contributed by atoms with Gasteiger partial charge in [0.25, 0.3) is 0 Å². The molecule has 4 heteroatoms. The molecule has 0 fully saturated rings. The van der Waals surface area contributed by atoms with Gasteiger partial charge in [0.1, 0.15) is 0 Å². The lowest BCUT2D eigenvalue weighted by Gasteiger charge is -2.19. The zero-order valence-corrected chi connectivity index (χ0v) is 12.7. The summed E-state index contributed by atoms with van der Waals surface area (Å²) in [5, 5.41) is 3.20. The SMILES string of the molecule is CCN(CC)CCCC(C)NCC(=O)OC(C)C. The van der Waals surface area contributed by atoms with Crippen molar-refractivity contribution in [2.45, 2.75) is 59.6 Å². The number of nitrogens with zero attached hydrogens (tertiary/aromatic N) is 1. The Morgan fingerprint density at radius 1 is 1.22 bits per heavy atom. The molecule has 0 bridgehead atoms. The van der Waals surface area contributed by atoms with Gasteiger partial charge in [-0.2, -0.15) is 0 Å². The van der Waals surface area contributed by atoms with Crippen LogP contribution in [0, 0.1) is 0 Å². The molecule has 0 aliphatic heterocycles. The Kier molecular flexibility index (Phi) is 9.98. The standard InChI is InChI=1S/C14H30N2O2/c1-6-16(7-2)10-8-9-13(5)15-11-14(17)18-12(3)4/h12-13,15H,6-11H2,1-5H3. The van der Waals surface area contributed by atoms with E-state index in [1.54, 1.807) is 0 Å². The van der Waals surface area contributed by atoms with Crippen LogP contribution in [-0.2, 0) is 9.53 Å². The van der Waals surface area contributed by atoms with Gasteiger partial charge >= 0.3 is 5.97 Å². The number of hydrogen-bond acceptors (Lipinski definition) is 4. The Bertz CT molecular complexity index is 216.